The Bertz CT molecular complexity index is 1270. The van der Waals surface area contributed by atoms with E-state index in [0.29, 0.717) is 11.3 Å². The average Bonchev–Trinajstić information content (AvgIpc) is 3.13. The summed E-state index contributed by atoms with van der Waals surface area (Å²) in [6.07, 6.45) is 6.17. The van der Waals surface area contributed by atoms with Crippen LogP contribution in [0.15, 0.2) is 47.0 Å². The van der Waals surface area contributed by atoms with Crippen molar-refractivity contribution in [3.05, 3.63) is 58.4 Å². The van der Waals surface area contributed by atoms with E-state index >= 15 is 0 Å². The van der Waals surface area contributed by atoms with Gasteiger partial charge in [-0.2, -0.15) is 5.10 Å². The summed E-state index contributed by atoms with van der Waals surface area (Å²) >= 11 is 0.955. The molecule has 5 rings (SSSR count). The van der Waals surface area contributed by atoms with E-state index in [4.69, 9.17) is 0 Å². The minimum Gasteiger partial charge on any atom is -0.280 e. The van der Waals surface area contributed by atoms with Crippen molar-refractivity contribution in [3.63, 3.8) is 0 Å². The SMILES string of the molecule is Cn1cc(CN2C(=O)C3C=C(S(=O)(=O)NC4(C)CC4)SC3N(c3ccc(F)cc3)C2=O)cn1. The lowest BCUT2D eigenvalue weighted by atomic mass is 10.0. The van der Waals surface area contributed by atoms with Crippen molar-refractivity contribution in [3.8, 4) is 0 Å². The summed E-state index contributed by atoms with van der Waals surface area (Å²) in [5, 5.41) is 3.29. The number of aryl methyl sites for hydroxylation is 1. The lowest BCUT2D eigenvalue weighted by molar-refractivity contribution is -0.132. The first-order valence-electron chi connectivity index (χ1n) is 10.4. The van der Waals surface area contributed by atoms with Gasteiger partial charge in [0.15, 0.2) is 0 Å². The Hall–Kier alpha value is -2.70. The van der Waals surface area contributed by atoms with Gasteiger partial charge in [-0.25, -0.2) is 22.3 Å². The summed E-state index contributed by atoms with van der Waals surface area (Å²) in [7, 11) is -2.12. The molecule has 1 aliphatic carbocycles. The number of hydrogen-bond donors (Lipinski definition) is 1. The predicted octanol–water partition coefficient (Wildman–Crippen LogP) is 2.53. The molecule has 2 fully saturated rings. The number of rotatable bonds is 6. The third kappa shape index (κ3) is 4.06. The van der Waals surface area contributed by atoms with Crippen LogP contribution in [0.5, 0.6) is 0 Å². The molecule has 1 saturated carbocycles. The summed E-state index contributed by atoms with van der Waals surface area (Å²) in [5.41, 5.74) is 0.556. The summed E-state index contributed by atoms with van der Waals surface area (Å²) in [5.74, 6) is -1.82. The molecule has 2 atom stereocenters. The zero-order chi connectivity index (χ0) is 23.5. The molecule has 2 aliphatic heterocycles. The van der Waals surface area contributed by atoms with Crippen molar-refractivity contribution >= 4 is 39.4 Å². The zero-order valence-corrected chi connectivity index (χ0v) is 19.6. The number of fused-ring (bicyclic) bond motifs is 1. The Labute approximate surface area is 194 Å². The monoisotopic (exact) mass is 491 g/mol. The standard InChI is InChI=1S/C21H22FN5O4S2/c1-21(7-8-21)24-33(30,31)17-9-16-18(28)26(12-13-10-23-25(2)11-13)20(29)27(19(16)32-17)15-5-3-14(22)4-6-15/h3-6,9-11,16,19,24H,7-8,12H2,1-2H3. The Morgan fingerprint density at radius 2 is 1.94 bits per heavy atom. The van der Waals surface area contributed by atoms with Crippen LogP contribution in [0.1, 0.15) is 25.3 Å². The maximum atomic E-state index is 13.5. The first-order valence-corrected chi connectivity index (χ1v) is 12.7. The van der Waals surface area contributed by atoms with Gasteiger partial charge < -0.3 is 0 Å². The van der Waals surface area contributed by atoms with Crippen LogP contribution in [0.3, 0.4) is 0 Å². The van der Waals surface area contributed by atoms with Gasteiger partial charge in [0, 0.05) is 30.0 Å². The van der Waals surface area contributed by atoms with Gasteiger partial charge in [0.1, 0.15) is 15.4 Å². The molecule has 3 amide bonds. The van der Waals surface area contributed by atoms with E-state index in [1.54, 1.807) is 24.1 Å². The second kappa shape index (κ2) is 7.67. The zero-order valence-electron chi connectivity index (χ0n) is 17.9. The number of urea groups is 1. The topological polar surface area (TPSA) is 105 Å². The number of anilines is 1. The van der Waals surface area contributed by atoms with Gasteiger partial charge >= 0.3 is 6.03 Å². The first-order chi connectivity index (χ1) is 15.6. The molecule has 0 bridgehead atoms. The Morgan fingerprint density at radius 3 is 2.55 bits per heavy atom. The Kier molecular flexibility index (Phi) is 5.14. The maximum Gasteiger partial charge on any atom is 0.332 e. The number of nitrogens with one attached hydrogen (secondary N) is 1. The molecule has 1 aromatic carbocycles. The summed E-state index contributed by atoms with van der Waals surface area (Å²) in [6.45, 7) is 1.82. The van der Waals surface area contributed by atoms with Crippen LogP contribution >= 0.6 is 11.8 Å². The largest absolute Gasteiger partial charge is 0.332 e. The second-order valence-electron chi connectivity index (χ2n) is 8.76. The first kappa shape index (κ1) is 22.1. The second-order valence-corrected chi connectivity index (χ2v) is 11.8. The number of benzene rings is 1. The fourth-order valence-corrected chi connectivity index (χ4v) is 7.27. The predicted molar refractivity (Wildman–Crippen MR) is 121 cm³/mol. The van der Waals surface area contributed by atoms with Crippen LogP contribution in [0.25, 0.3) is 0 Å². The van der Waals surface area contributed by atoms with Gasteiger partial charge in [0.25, 0.3) is 0 Å². The van der Waals surface area contributed by atoms with Crippen molar-refractivity contribution < 1.29 is 22.4 Å². The van der Waals surface area contributed by atoms with E-state index in [1.807, 2.05) is 6.92 Å². The van der Waals surface area contributed by atoms with Crippen molar-refractivity contribution in [2.45, 2.75) is 37.2 Å². The molecule has 0 radical (unpaired) electrons. The molecule has 2 unspecified atom stereocenters. The lowest BCUT2D eigenvalue weighted by Crippen LogP contribution is -2.59. The quantitative estimate of drug-likeness (QED) is 0.666. The fourth-order valence-electron chi connectivity index (χ4n) is 3.94. The number of sulfonamides is 1. The van der Waals surface area contributed by atoms with Crippen LogP contribution in [0.2, 0.25) is 0 Å². The normalized spacial score (nSPS) is 24.2. The lowest BCUT2D eigenvalue weighted by Gasteiger charge is -2.41. The van der Waals surface area contributed by atoms with E-state index in [0.717, 1.165) is 29.5 Å². The summed E-state index contributed by atoms with van der Waals surface area (Å²) in [4.78, 5) is 29.3. The maximum absolute atomic E-state index is 13.5. The molecule has 1 aromatic heterocycles. The van der Waals surface area contributed by atoms with Crippen LogP contribution in [-0.2, 0) is 28.4 Å². The minimum absolute atomic E-state index is 0.0106. The Balaban J connectivity index is 1.52. The number of amides is 3. The molecular weight excluding hydrogens is 469 g/mol. The number of nitrogens with zero attached hydrogens (tertiary/aromatic N) is 4. The van der Waals surface area contributed by atoms with Gasteiger partial charge in [0.2, 0.25) is 15.9 Å². The minimum atomic E-state index is -3.85. The number of hydrogen-bond acceptors (Lipinski definition) is 6. The number of halogens is 1. The van der Waals surface area contributed by atoms with Crippen molar-refractivity contribution in [1.29, 1.82) is 0 Å². The third-order valence-corrected chi connectivity index (χ3v) is 9.44. The van der Waals surface area contributed by atoms with Crippen LogP contribution in [0.4, 0.5) is 14.9 Å². The molecule has 2 aromatic rings. The highest BCUT2D eigenvalue weighted by molar-refractivity contribution is 8.18. The average molecular weight is 492 g/mol. The van der Waals surface area contributed by atoms with Crippen molar-refractivity contribution in [1.82, 2.24) is 19.4 Å². The van der Waals surface area contributed by atoms with Crippen molar-refractivity contribution in [2.24, 2.45) is 13.0 Å². The van der Waals surface area contributed by atoms with E-state index in [2.05, 4.69) is 9.82 Å². The number of carbonyl (C=O) groups excluding carboxylic acids is 2. The molecule has 12 heteroatoms. The third-order valence-electron chi connectivity index (χ3n) is 5.95. The van der Waals surface area contributed by atoms with E-state index in [9.17, 15) is 22.4 Å². The molecule has 1 saturated heterocycles. The Morgan fingerprint density at radius 1 is 1.24 bits per heavy atom. The van der Waals surface area contributed by atoms with E-state index in [-0.39, 0.29) is 10.8 Å². The fraction of sp³-hybridized carbons (Fsp3) is 0.381. The number of aromatic nitrogens is 2. The van der Waals surface area contributed by atoms with Gasteiger partial charge in [-0.15, -0.1) is 0 Å². The molecule has 3 heterocycles. The van der Waals surface area contributed by atoms with Gasteiger partial charge in [0.05, 0.1) is 18.7 Å². The van der Waals surface area contributed by atoms with E-state index < -0.39 is 44.6 Å². The van der Waals surface area contributed by atoms with Crippen LogP contribution in [-0.4, -0.2) is 45.9 Å². The highest BCUT2D eigenvalue weighted by atomic mass is 32.3. The van der Waals surface area contributed by atoms with Gasteiger partial charge in [-0.3, -0.25) is 19.3 Å². The van der Waals surface area contributed by atoms with Crippen LogP contribution in [0, 0.1) is 11.7 Å². The summed E-state index contributed by atoms with van der Waals surface area (Å²) in [6, 6.07) is 4.73. The van der Waals surface area contributed by atoms with Crippen LogP contribution < -0.4 is 9.62 Å². The van der Waals surface area contributed by atoms with Gasteiger partial charge in [-0.05, 0) is 50.1 Å². The molecule has 33 heavy (non-hydrogen) atoms. The number of imide groups is 1. The summed E-state index contributed by atoms with van der Waals surface area (Å²) < 4.78 is 43.8. The highest BCUT2D eigenvalue weighted by Crippen LogP contribution is 2.47. The van der Waals surface area contributed by atoms with E-state index in [1.165, 1.54) is 35.2 Å². The molecule has 3 aliphatic rings. The number of carbonyl (C=O) groups is 2. The smallest absolute Gasteiger partial charge is 0.280 e. The molecule has 1 N–H and O–H groups in total. The van der Waals surface area contributed by atoms with Gasteiger partial charge in [-0.1, -0.05) is 11.8 Å². The highest BCUT2D eigenvalue weighted by Gasteiger charge is 2.52. The number of thioether (sulfide) groups is 1. The molecule has 0 spiro atoms. The molecule has 9 nitrogen and oxygen atoms in total. The molecule has 174 valence electrons. The van der Waals surface area contributed by atoms with Crippen molar-refractivity contribution in [2.75, 3.05) is 4.90 Å². The molecular formula is C21H22FN5O4S2.